The van der Waals surface area contributed by atoms with Crippen molar-refractivity contribution in [3.8, 4) is 5.75 Å². The van der Waals surface area contributed by atoms with E-state index in [0.717, 1.165) is 21.3 Å². The number of ether oxygens (including phenoxy) is 1. The Balaban J connectivity index is 2.18. The zero-order valence-electron chi connectivity index (χ0n) is 11.8. The van der Waals surface area contributed by atoms with Gasteiger partial charge in [-0.1, -0.05) is 46.3 Å². The molecular formula is C17H17BrO3. The maximum absolute atomic E-state index is 11.5. The molecule has 2 aromatic carbocycles. The van der Waals surface area contributed by atoms with E-state index in [2.05, 4.69) is 15.9 Å². The summed E-state index contributed by atoms with van der Waals surface area (Å²) in [5.41, 5.74) is 1.97. The quantitative estimate of drug-likeness (QED) is 0.859. The number of rotatable bonds is 6. The van der Waals surface area contributed by atoms with Crippen LogP contribution in [-0.4, -0.2) is 18.2 Å². The van der Waals surface area contributed by atoms with Crippen LogP contribution in [0.2, 0.25) is 0 Å². The van der Waals surface area contributed by atoms with E-state index < -0.39 is 11.9 Å². The molecule has 0 aliphatic rings. The number of carboxylic acids is 1. The fourth-order valence-corrected chi connectivity index (χ4v) is 2.65. The highest BCUT2D eigenvalue weighted by molar-refractivity contribution is 9.10. The monoisotopic (exact) mass is 348 g/mol. The molecule has 0 radical (unpaired) electrons. The number of benzene rings is 2. The van der Waals surface area contributed by atoms with Crippen LogP contribution in [0.5, 0.6) is 5.75 Å². The average Bonchev–Trinajstić information content (AvgIpc) is 2.49. The Bertz CT molecular complexity index is 611. The molecular weight excluding hydrogens is 332 g/mol. The lowest BCUT2D eigenvalue weighted by Gasteiger charge is -2.14. The highest BCUT2D eigenvalue weighted by Gasteiger charge is 2.20. The maximum atomic E-state index is 11.5. The van der Waals surface area contributed by atoms with Gasteiger partial charge in [0.1, 0.15) is 5.75 Å². The van der Waals surface area contributed by atoms with Crippen molar-refractivity contribution < 1.29 is 14.6 Å². The lowest BCUT2D eigenvalue weighted by molar-refractivity contribution is -0.141. The van der Waals surface area contributed by atoms with Crippen molar-refractivity contribution in [1.82, 2.24) is 0 Å². The second kappa shape index (κ2) is 7.27. The minimum atomic E-state index is -0.784. The topological polar surface area (TPSA) is 46.5 Å². The van der Waals surface area contributed by atoms with Gasteiger partial charge in [0.05, 0.1) is 13.0 Å². The minimum absolute atomic E-state index is 0.460. The molecule has 0 spiro atoms. The Morgan fingerprint density at radius 3 is 2.52 bits per heavy atom. The van der Waals surface area contributed by atoms with E-state index in [1.54, 1.807) is 7.11 Å². The Kier molecular flexibility index (Phi) is 5.39. The number of halogens is 1. The van der Waals surface area contributed by atoms with Gasteiger partial charge in [-0.15, -0.1) is 0 Å². The van der Waals surface area contributed by atoms with E-state index in [9.17, 15) is 9.90 Å². The third-order valence-electron chi connectivity index (χ3n) is 3.39. The second-order valence-corrected chi connectivity index (χ2v) is 5.74. The molecule has 0 fully saturated rings. The fourth-order valence-electron chi connectivity index (χ4n) is 2.25. The number of methoxy groups -OCH3 is 1. The van der Waals surface area contributed by atoms with Gasteiger partial charge in [0.25, 0.3) is 0 Å². The fraction of sp³-hybridized carbons (Fsp3) is 0.235. The highest BCUT2D eigenvalue weighted by atomic mass is 79.9. The van der Waals surface area contributed by atoms with E-state index in [1.165, 1.54) is 0 Å². The van der Waals surface area contributed by atoms with Crippen LogP contribution in [0.15, 0.2) is 53.0 Å². The normalized spacial score (nSPS) is 11.9. The molecule has 3 nitrogen and oxygen atoms in total. The summed E-state index contributed by atoms with van der Waals surface area (Å²) in [7, 11) is 1.60. The van der Waals surface area contributed by atoms with E-state index >= 15 is 0 Å². The second-order valence-electron chi connectivity index (χ2n) is 4.89. The molecule has 21 heavy (non-hydrogen) atoms. The summed E-state index contributed by atoms with van der Waals surface area (Å²) >= 11 is 3.47. The predicted molar refractivity (Wildman–Crippen MR) is 85.7 cm³/mol. The molecule has 0 aliphatic heterocycles. The van der Waals surface area contributed by atoms with Crippen molar-refractivity contribution in [2.24, 2.45) is 5.92 Å². The Morgan fingerprint density at radius 2 is 1.90 bits per heavy atom. The number of hydrogen-bond donors (Lipinski definition) is 1. The standard InChI is InChI=1S/C17H17BrO3/c1-21-15-7-8-16(18)13(11-15)10-14(17(19)20)9-12-5-3-2-4-6-12/h2-8,11,14H,9-10H2,1H3,(H,19,20). The number of hydrogen-bond acceptors (Lipinski definition) is 2. The SMILES string of the molecule is COc1ccc(Br)c(CC(Cc2ccccc2)C(=O)O)c1. The van der Waals surface area contributed by atoms with Gasteiger partial charge in [0.15, 0.2) is 0 Å². The molecule has 1 N–H and O–H groups in total. The largest absolute Gasteiger partial charge is 0.497 e. The van der Waals surface area contributed by atoms with Crippen LogP contribution in [0, 0.1) is 5.92 Å². The van der Waals surface area contributed by atoms with E-state index in [-0.39, 0.29) is 0 Å². The summed E-state index contributed by atoms with van der Waals surface area (Å²) in [6.45, 7) is 0. The Labute approximate surface area is 132 Å². The summed E-state index contributed by atoms with van der Waals surface area (Å²) in [5, 5.41) is 9.47. The number of carbonyl (C=O) groups is 1. The van der Waals surface area contributed by atoms with Crippen molar-refractivity contribution in [1.29, 1.82) is 0 Å². The van der Waals surface area contributed by atoms with Crippen LogP contribution in [-0.2, 0) is 17.6 Å². The van der Waals surface area contributed by atoms with Gasteiger partial charge >= 0.3 is 5.97 Å². The predicted octanol–water partition coefficient (Wildman–Crippen LogP) is 3.94. The minimum Gasteiger partial charge on any atom is -0.497 e. The Morgan fingerprint density at radius 1 is 1.19 bits per heavy atom. The zero-order valence-corrected chi connectivity index (χ0v) is 13.3. The molecule has 0 amide bonds. The first-order chi connectivity index (χ1) is 10.1. The van der Waals surface area contributed by atoms with E-state index in [1.807, 2.05) is 48.5 Å². The maximum Gasteiger partial charge on any atom is 0.307 e. The smallest absolute Gasteiger partial charge is 0.307 e. The van der Waals surface area contributed by atoms with Gasteiger partial charge < -0.3 is 9.84 Å². The molecule has 0 saturated carbocycles. The number of carboxylic acid groups (broad SMARTS) is 1. The lowest BCUT2D eigenvalue weighted by Crippen LogP contribution is -2.19. The van der Waals surface area contributed by atoms with Crippen molar-refractivity contribution >= 4 is 21.9 Å². The van der Waals surface area contributed by atoms with E-state index in [0.29, 0.717) is 12.8 Å². The van der Waals surface area contributed by atoms with Crippen LogP contribution in [0.1, 0.15) is 11.1 Å². The summed E-state index contributed by atoms with van der Waals surface area (Å²) < 4.78 is 6.11. The van der Waals surface area contributed by atoms with Crippen molar-refractivity contribution in [2.45, 2.75) is 12.8 Å². The van der Waals surface area contributed by atoms with Gasteiger partial charge in [-0.2, -0.15) is 0 Å². The van der Waals surface area contributed by atoms with Crippen molar-refractivity contribution in [2.75, 3.05) is 7.11 Å². The molecule has 4 heteroatoms. The molecule has 2 rings (SSSR count). The summed E-state index contributed by atoms with van der Waals surface area (Å²) in [6.07, 6.45) is 0.974. The molecule has 1 unspecified atom stereocenters. The third kappa shape index (κ3) is 4.33. The first-order valence-electron chi connectivity index (χ1n) is 6.69. The van der Waals surface area contributed by atoms with Crippen LogP contribution in [0.3, 0.4) is 0 Å². The molecule has 0 heterocycles. The highest BCUT2D eigenvalue weighted by Crippen LogP contribution is 2.26. The van der Waals surface area contributed by atoms with Crippen molar-refractivity contribution in [3.05, 3.63) is 64.1 Å². The lowest BCUT2D eigenvalue weighted by atomic mass is 9.92. The van der Waals surface area contributed by atoms with Gasteiger partial charge in [0, 0.05) is 4.47 Å². The molecule has 1 atom stereocenters. The van der Waals surface area contributed by atoms with Gasteiger partial charge in [-0.3, -0.25) is 4.79 Å². The van der Waals surface area contributed by atoms with Crippen LogP contribution >= 0.6 is 15.9 Å². The number of aliphatic carboxylic acids is 1. The first-order valence-corrected chi connectivity index (χ1v) is 7.48. The zero-order chi connectivity index (χ0) is 15.2. The Hall–Kier alpha value is -1.81. The van der Waals surface area contributed by atoms with Gasteiger partial charge in [0.2, 0.25) is 0 Å². The van der Waals surface area contributed by atoms with Crippen molar-refractivity contribution in [3.63, 3.8) is 0 Å². The summed E-state index contributed by atoms with van der Waals surface area (Å²) in [4.78, 5) is 11.5. The third-order valence-corrected chi connectivity index (χ3v) is 4.17. The molecule has 0 bridgehead atoms. The van der Waals surface area contributed by atoms with Gasteiger partial charge in [-0.05, 0) is 42.2 Å². The first kappa shape index (κ1) is 15.6. The van der Waals surface area contributed by atoms with Crippen LogP contribution in [0.25, 0.3) is 0 Å². The molecule has 2 aromatic rings. The molecule has 110 valence electrons. The van der Waals surface area contributed by atoms with Crippen LogP contribution < -0.4 is 4.74 Å². The molecule has 0 aromatic heterocycles. The molecule has 0 aliphatic carbocycles. The van der Waals surface area contributed by atoms with E-state index in [4.69, 9.17) is 4.74 Å². The molecule has 0 saturated heterocycles. The van der Waals surface area contributed by atoms with Gasteiger partial charge in [-0.25, -0.2) is 0 Å². The van der Waals surface area contributed by atoms with Crippen LogP contribution in [0.4, 0.5) is 0 Å². The average molecular weight is 349 g/mol. The summed E-state index contributed by atoms with van der Waals surface area (Å²) in [5.74, 6) is -0.513. The summed E-state index contributed by atoms with van der Waals surface area (Å²) in [6, 6.07) is 15.3.